The molecule has 1 aliphatic rings. The SMILES string of the molecule is CC(=O)SCC1OC(C#CBr)C(OCc2ccccc2)C(OCc2ccccc2)C1OCc1ccccc1. The third-order valence-corrected chi connectivity index (χ3v) is 7.27. The first-order valence-corrected chi connectivity index (χ1v) is 14.3. The first kappa shape index (κ1) is 28.6. The van der Waals surface area contributed by atoms with E-state index in [0.29, 0.717) is 25.6 Å². The van der Waals surface area contributed by atoms with Gasteiger partial charge in [-0.3, -0.25) is 4.79 Å². The summed E-state index contributed by atoms with van der Waals surface area (Å²) in [5.41, 5.74) is 3.12. The molecule has 1 fully saturated rings. The van der Waals surface area contributed by atoms with E-state index in [1.165, 1.54) is 11.8 Å². The lowest BCUT2D eigenvalue weighted by Gasteiger charge is -2.44. The Morgan fingerprint density at radius 2 is 1.21 bits per heavy atom. The van der Waals surface area contributed by atoms with Gasteiger partial charge < -0.3 is 18.9 Å². The second kappa shape index (κ2) is 15.2. The average molecular weight is 596 g/mol. The Balaban J connectivity index is 1.63. The fourth-order valence-corrected chi connectivity index (χ4v) is 5.18. The van der Waals surface area contributed by atoms with E-state index in [2.05, 4.69) is 26.7 Å². The number of rotatable bonds is 11. The maximum absolute atomic E-state index is 11.9. The van der Waals surface area contributed by atoms with Gasteiger partial charge in [-0.25, -0.2) is 0 Å². The molecule has 3 aromatic carbocycles. The second-order valence-electron chi connectivity index (χ2n) is 8.92. The number of halogens is 1. The van der Waals surface area contributed by atoms with Crippen molar-refractivity contribution in [3.8, 4) is 10.8 Å². The molecule has 7 heteroatoms. The van der Waals surface area contributed by atoms with Gasteiger partial charge in [0.25, 0.3) is 0 Å². The molecule has 0 spiro atoms. The normalized spacial score (nSPS) is 22.8. The number of carbonyl (C=O) groups is 1. The number of hydrogen-bond donors (Lipinski definition) is 0. The standard InChI is InChI=1S/C31H31BrO5S/c1-23(33)38-22-28-30(35-20-25-13-7-3-8-14-25)31(36-21-26-15-9-4-10-16-26)29(27(37-28)17-18-32)34-19-24-11-5-2-6-12-24/h2-16,27-31H,19-22H2,1H3. The molecule has 0 aromatic heterocycles. The van der Waals surface area contributed by atoms with Crippen LogP contribution in [0, 0.1) is 10.8 Å². The minimum Gasteiger partial charge on any atom is -0.368 e. The van der Waals surface area contributed by atoms with E-state index in [1.54, 1.807) is 6.92 Å². The number of carbonyl (C=O) groups excluding carboxylic acids is 1. The number of hydrogen-bond acceptors (Lipinski definition) is 6. The first-order valence-electron chi connectivity index (χ1n) is 12.5. The van der Waals surface area contributed by atoms with Crippen molar-refractivity contribution in [3.05, 3.63) is 108 Å². The maximum Gasteiger partial charge on any atom is 0.185 e. The van der Waals surface area contributed by atoms with Gasteiger partial charge in [0.1, 0.15) is 24.4 Å². The van der Waals surface area contributed by atoms with Gasteiger partial charge in [0.05, 0.1) is 25.9 Å². The van der Waals surface area contributed by atoms with Crippen molar-refractivity contribution in [2.45, 2.75) is 57.3 Å². The summed E-state index contributed by atoms with van der Waals surface area (Å²) in [6.07, 6.45) is -2.51. The molecule has 5 unspecified atom stereocenters. The fraction of sp³-hybridized carbons (Fsp3) is 0.323. The fourth-order valence-electron chi connectivity index (χ4n) is 4.29. The zero-order valence-electron chi connectivity index (χ0n) is 21.2. The molecule has 0 N–H and O–H groups in total. The van der Waals surface area contributed by atoms with E-state index in [1.807, 2.05) is 91.0 Å². The summed E-state index contributed by atoms with van der Waals surface area (Å²) in [5.74, 6) is 3.52. The molecule has 4 rings (SSSR count). The van der Waals surface area contributed by atoms with Crippen molar-refractivity contribution in [2.75, 3.05) is 5.75 Å². The Kier molecular flexibility index (Phi) is 11.4. The molecule has 5 nitrogen and oxygen atoms in total. The molecule has 1 heterocycles. The largest absolute Gasteiger partial charge is 0.368 e. The van der Waals surface area contributed by atoms with E-state index in [9.17, 15) is 4.79 Å². The highest BCUT2D eigenvalue weighted by molar-refractivity contribution is 9.12. The zero-order chi connectivity index (χ0) is 26.6. The summed E-state index contributed by atoms with van der Waals surface area (Å²) in [7, 11) is 0. The molecule has 0 saturated carbocycles. The third-order valence-electron chi connectivity index (χ3n) is 6.14. The molecular weight excluding hydrogens is 564 g/mol. The van der Waals surface area contributed by atoms with Gasteiger partial charge in [0, 0.05) is 28.6 Å². The van der Waals surface area contributed by atoms with Crippen molar-refractivity contribution in [1.29, 1.82) is 0 Å². The molecule has 3 aromatic rings. The van der Waals surface area contributed by atoms with Crippen LogP contribution >= 0.6 is 27.7 Å². The Labute approximate surface area is 237 Å². The predicted molar refractivity (Wildman–Crippen MR) is 154 cm³/mol. The van der Waals surface area contributed by atoms with Crippen LogP contribution in [0.2, 0.25) is 0 Å². The second-order valence-corrected chi connectivity index (χ2v) is 10.5. The summed E-state index contributed by atoms with van der Waals surface area (Å²) in [6, 6.07) is 30.0. The van der Waals surface area contributed by atoms with Gasteiger partial charge in [-0.1, -0.05) is 109 Å². The Morgan fingerprint density at radius 1 is 0.763 bits per heavy atom. The molecule has 1 aliphatic heterocycles. The lowest BCUT2D eigenvalue weighted by atomic mass is 9.94. The molecular formula is C31H31BrO5S. The summed E-state index contributed by atoms with van der Waals surface area (Å²) < 4.78 is 26.0. The van der Waals surface area contributed by atoms with E-state index in [4.69, 9.17) is 18.9 Å². The Hall–Kier alpha value is -2.44. The van der Waals surface area contributed by atoms with E-state index < -0.39 is 30.5 Å². The molecule has 5 atom stereocenters. The highest BCUT2D eigenvalue weighted by Gasteiger charge is 2.48. The smallest absolute Gasteiger partial charge is 0.185 e. The predicted octanol–water partition coefficient (Wildman–Crippen LogP) is 6.15. The van der Waals surface area contributed by atoms with Gasteiger partial charge in [-0.2, -0.15) is 0 Å². The number of thioether (sulfide) groups is 1. The highest BCUT2D eigenvalue weighted by Crippen LogP contribution is 2.32. The van der Waals surface area contributed by atoms with Crippen LogP contribution in [0.25, 0.3) is 0 Å². The minimum atomic E-state index is -0.576. The van der Waals surface area contributed by atoms with Crippen LogP contribution in [-0.2, 0) is 43.6 Å². The molecule has 0 aliphatic carbocycles. The van der Waals surface area contributed by atoms with Gasteiger partial charge in [-0.05, 0) is 21.5 Å². The van der Waals surface area contributed by atoms with Crippen LogP contribution in [0.4, 0.5) is 0 Å². The van der Waals surface area contributed by atoms with Gasteiger partial charge >= 0.3 is 0 Å². The summed E-state index contributed by atoms with van der Waals surface area (Å²) in [6.45, 7) is 2.68. The number of ether oxygens (including phenoxy) is 4. The third kappa shape index (κ3) is 8.54. The topological polar surface area (TPSA) is 54.0 Å². The van der Waals surface area contributed by atoms with E-state index in [0.717, 1.165) is 16.7 Å². The first-order chi connectivity index (χ1) is 18.6. The lowest BCUT2D eigenvalue weighted by molar-refractivity contribution is -0.248. The minimum absolute atomic E-state index is 0.0164. The number of benzene rings is 3. The van der Waals surface area contributed by atoms with Gasteiger partial charge in [0.2, 0.25) is 0 Å². The molecule has 1 saturated heterocycles. The van der Waals surface area contributed by atoms with Crippen molar-refractivity contribution < 1.29 is 23.7 Å². The molecule has 0 bridgehead atoms. The van der Waals surface area contributed by atoms with Crippen LogP contribution in [0.3, 0.4) is 0 Å². The van der Waals surface area contributed by atoms with Crippen LogP contribution in [0.5, 0.6) is 0 Å². The van der Waals surface area contributed by atoms with Gasteiger partial charge in [-0.15, -0.1) is 0 Å². The van der Waals surface area contributed by atoms with Crippen molar-refractivity contribution in [3.63, 3.8) is 0 Å². The van der Waals surface area contributed by atoms with Crippen LogP contribution in [0.1, 0.15) is 23.6 Å². The summed E-state index contributed by atoms with van der Waals surface area (Å²) in [5, 5.41) is 0.0164. The van der Waals surface area contributed by atoms with Crippen molar-refractivity contribution in [2.24, 2.45) is 0 Å². The maximum atomic E-state index is 11.9. The average Bonchev–Trinajstić information content (AvgIpc) is 2.95. The quantitative estimate of drug-likeness (QED) is 0.248. The van der Waals surface area contributed by atoms with Gasteiger partial charge in [0.15, 0.2) is 5.12 Å². The summed E-state index contributed by atoms with van der Waals surface area (Å²) in [4.78, 5) is 14.7. The Morgan fingerprint density at radius 3 is 1.66 bits per heavy atom. The molecule has 38 heavy (non-hydrogen) atoms. The van der Waals surface area contributed by atoms with Crippen LogP contribution in [-0.4, -0.2) is 41.4 Å². The van der Waals surface area contributed by atoms with E-state index >= 15 is 0 Å². The van der Waals surface area contributed by atoms with E-state index in [-0.39, 0.29) is 5.12 Å². The summed E-state index contributed by atoms with van der Waals surface area (Å²) >= 11 is 4.45. The highest BCUT2D eigenvalue weighted by atomic mass is 79.9. The monoisotopic (exact) mass is 594 g/mol. The zero-order valence-corrected chi connectivity index (χ0v) is 23.6. The molecule has 0 amide bonds. The lowest BCUT2D eigenvalue weighted by Crippen LogP contribution is -2.60. The molecule has 198 valence electrons. The van der Waals surface area contributed by atoms with Crippen LogP contribution in [0.15, 0.2) is 91.0 Å². The van der Waals surface area contributed by atoms with Crippen molar-refractivity contribution in [1.82, 2.24) is 0 Å². The Bertz CT molecular complexity index is 1180. The molecule has 0 radical (unpaired) electrons. The van der Waals surface area contributed by atoms with Crippen molar-refractivity contribution >= 4 is 32.8 Å². The van der Waals surface area contributed by atoms with Crippen LogP contribution < -0.4 is 0 Å².